The Hall–Kier alpha value is -2.64. The fourth-order valence-electron chi connectivity index (χ4n) is 1.77. The zero-order chi connectivity index (χ0) is 20.4. The number of nitrogens with zero attached hydrogens (tertiary/aromatic N) is 1. The normalized spacial score (nSPS) is 11.5. The van der Waals surface area contributed by atoms with E-state index in [-0.39, 0.29) is 18.2 Å². The van der Waals surface area contributed by atoms with Crippen molar-refractivity contribution in [1.82, 2.24) is 5.32 Å². The summed E-state index contributed by atoms with van der Waals surface area (Å²) in [5.74, 6) is -1.50. The number of Topliss-reactive ketones (excluding diaryl/α,β-unsaturated/α-hetero) is 1. The predicted octanol–water partition coefficient (Wildman–Crippen LogP) is 1.51. The van der Waals surface area contributed by atoms with Gasteiger partial charge in [0.25, 0.3) is 0 Å². The van der Waals surface area contributed by atoms with Gasteiger partial charge in [0, 0.05) is 19.0 Å². The maximum atomic E-state index is 11.7. The van der Waals surface area contributed by atoms with Crippen LogP contribution in [0, 0.1) is 0 Å². The van der Waals surface area contributed by atoms with Crippen LogP contribution in [0.1, 0.15) is 52.9 Å². The topological polar surface area (TPSA) is 148 Å². The van der Waals surface area contributed by atoms with E-state index in [4.69, 9.17) is 16.6 Å². The van der Waals surface area contributed by atoms with Crippen molar-refractivity contribution in [2.24, 2.45) is 16.5 Å². The smallest absolute Gasteiger partial charge is 0.326 e. The van der Waals surface area contributed by atoms with E-state index in [1.165, 1.54) is 12.2 Å². The number of nitrogens with two attached hydrogens (primary N) is 2. The summed E-state index contributed by atoms with van der Waals surface area (Å²) in [5, 5.41) is 11.5. The van der Waals surface area contributed by atoms with Gasteiger partial charge in [0.2, 0.25) is 5.91 Å². The second-order valence-electron chi connectivity index (χ2n) is 5.23. The molecule has 6 N–H and O–H groups in total. The molecule has 0 aliphatic heterocycles. The van der Waals surface area contributed by atoms with Gasteiger partial charge in [0.1, 0.15) is 11.8 Å². The number of allylic oxidation sites excluding steroid dienone is 3. The van der Waals surface area contributed by atoms with Gasteiger partial charge in [0.15, 0.2) is 5.96 Å². The van der Waals surface area contributed by atoms with Gasteiger partial charge in [-0.05, 0) is 32.6 Å². The van der Waals surface area contributed by atoms with Crippen molar-refractivity contribution in [3.8, 4) is 0 Å². The molecule has 0 aliphatic rings. The van der Waals surface area contributed by atoms with E-state index in [0.29, 0.717) is 19.4 Å². The predicted molar refractivity (Wildman–Crippen MR) is 104 cm³/mol. The Morgan fingerprint density at radius 1 is 1.15 bits per heavy atom. The monoisotopic (exact) mass is 368 g/mol. The van der Waals surface area contributed by atoms with E-state index in [0.717, 1.165) is 12.8 Å². The minimum atomic E-state index is -1.11. The van der Waals surface area contributed by atoms with Crippen LogP contribution in [0.4, 0.5) is 0 Å². The quantitative estimate of drug-likeness (QED) is 0.135. The summed E-state index contributed by atoms with van der Waals surface area (Å²) >= 11 is 0. The largest absolute Gasteiger partial charge is 0.480 e. The molecule has 8 nitrogen and oxygen atoms in total. The summed E-state index contributed by atoms with van der Waals surface area (Å²) in [5.41, 5.74) is 10.3. The molecule has 0 fully saturated rings. The summed E-state index contributed by atoms with van der Waals surface area (Å²) in [6, 6.07) is -0.990. The minimum Gasteiger partial charge on any atom is -0.480 e. The molecule has 0 spiro atoms. The van der Waals surface area contributed by atoms with Gasteiger partial charge in [-0.3, -0.25) is 9.79 Å². The number of aliphatic imine (C=N–C) groups is 1. The van der Waals surface area contributed by atoms with Gasteiger partial charge in [-0.25, -0.2) is 4.79 Å². The molecule has 0 heterocycles. The first-order valence-electron chi connectivity index (χ1n) is 8.74. The standard InChI is InChI=1S/C16H26N4O4.C2H6/c1-12(21)8-5-3-2-4-6-10-14(22)20-13(15(23)24)9-7-11-19-16(17)18;1-2/h2,4,6,10,13H,3,5,7-9,11H2,1H3,(H,20,22)(H,23,24)(H4,17,18,19);1-2H3/b4-2+,10-6+;. The fourth-order valence-corrected chi connectivity index (χ4v) is 1.77. The molecular weight excluding hydrogens is 336 g/mol. The highest BCUT2D eigenvalue weighted by atomic mass is 16.4. The molecule has 8 heteroatoms. The van der Waals surface area contributed by atoms with Crippen molar-refractivity contribution in [3.05, 3.63) is 24.3 Å². The molecule has 0 bridgehead atoms. The summed E-state index contributed by atoms with van der Waals surface area (Å²) in [7, 11) is 0. The van der Waals surface area contributed by atoms with Crippen molar-refractivity contribution < 1.29 is 19.5 Å². The Balaban J connectivity index is 0. The summed E-state index contributed by atoms with van der Waals surface area (Å²) < 4.78 is 0. The summed E-state index contributed by atoms with van der Waals surface area (Å²) in [6.45, 7) is 5.85. The van der Waals surface area contributed by atoms with Crippen LogP contribution in [-0.4, -0.2) is 41.3 Å². The van der Waals surface area contributed by atoms with Crippen molar-refractivity contribution in [3.63, 3.8) is 0 Å². The molecule has 26 heavy (non-hydrogen) atoms. The van der Waals surface area contributed by atoms with Crippen molar-refractivity contribution in [2.45, 2.75) is 58.9 Å². The first-order chi connectivity index (χ1) is 12.3. The molecule has 1 amide bonds. The number of unbranched alkanes of at least 4 members (excludes halogenated alkanes) is 1. The summed E-state index contributed by atoms with van der Waals surface area (Å²) in [6.07, 6.45) is 9.03. The highest BCUT2D eigenvalue weighted by Crippen LogP contribution is 2.00. The molecule has 0 rings (SSSR count). The van der Waals surface area contributed by atoms with Crippen LogP contribution in [-0.2, 0) is 14.4 Å². The van der Waals surface area contributed by atoms with Crippen molar-refractivity contribution in [1.29, 1.82) is 0 Å². The molecule has 0 saturated carbocycles. The van der Waals surface area contributed by atoms with Crippen LogP contribution in [0.15, 0.2) is 29.3 Å². The Bertz CT molecular complexity index is 509. The van der Waals surface area contributed by atoms with Crippen molar-refractivity contribution >= 4 is 23.6 Å². The SMILES string of the molecule is CC.CC(=O)CCC/C=C/C=C/C(=O)NC(CCCN=C(N)N)C(=O)O. The molecule has 0 aromatic rings. The van der Waals surface area contributed by atoms with Gasteiger partial charge in [-0.1, -0.05) is 32.1 Å². The van der Waals surface area contributed by atoms with Crippen LogP contribution in [0.25, 0.3) is 0 Å². The molecule has 0 aliphatic carbocycles. The van der Waals surface area contributed by atoms with Gasteiger partial charge >= 0.3 is 5.97 Å². The highest BCUT2D eigenvalue weighted by molar-refractivity contribution is 5.91. The number of nitrogens with one attached hydrogen (secondary N) is 1. The molecule has 0 radical (unpaired) electrons. The number of carboxylic acids is 1. The number of carbonyl (C=O) groups excluding carboxylic acids is 2. The fraction of sp³-hybridized carbons (Fsp3) is 0.556. The third-order valence-corrected chi connectivity index (χ3v) is 2.95. The number of carbonyl (C=O) groups is 3. The lowest BCUT2D eigenvalue weighted by Gasteiger charge is -2.12. The zero-order valence-corrected chi connectivity index (χ0v) is 15.9. The average Bonchev–Trinajstić information content (AvgIpc) is 2.57. The molecular formula is C18H32N4O4. The van der Waals surface area contributed by atoms with Crippen LogP contribution in [0.3, 0.4) is 0 Å². The third-order valence-electron chi connectivity index (χ3n) is 2.95. The lowest BCUT2D eigenvalue weighted by molar-refractivity contribution is -0.141. The van der Waals surface area contributed by atoms with E-state index >= 15 is 0 Å². The molecule has 0 saturated heterocycles. The highest BCUT2D eigenvalue weighted by Gasteiger charge is 2.17. The number of carboxylic acid groups (broad SMARTS) is 1. The molecule has 0 aromatic heterocycles. The van der Waals surface area contributed by atoms with E-state index in [2.05, 4.69) is 10.3 Å². The molecule has 148 valence electrons. The first kappa shape index (κ1) is 25.6. The number of rotatable bonds is 12. The number of amides is 1. The van der Waals surface area contributed by atoms with E-state index in [1.807, 2.05) is 19.9 Å². The maximum absolute atomic E-state index is 11.7. The number of guanidine groups is 1. The molecule has 1 unspecified atom stereocenters. The average molecular weight is 368 g/mol. The summed E-state index contributed by atoms with van der Waals surface area (Å²) in [4.78, 5) is 37.3. The van der Waals surface area contributed by atoms with Crippen LogP contribution >= 0.6 is 0 Å². The van der Waals surface area contributed by atoms with E-state index < -0.39 is 17.9 Å². The van der Waals surface area contributed by atoms with E-state index in [1.54, 1.807) is 13.0 Å². The number of ketones is 1. The minimum absolute atomic E-state index is 0.0519. The van der Waals surface area contributed by atoms with Crippen molar-refractivity contribution in [2.75, 3.05) is 6.54 Å². The Morgan fingerprint density at radius 3 is 2.35 bits per heavy atom. The van der Waals surface area contributed by atoms with Gasteiger partial charge in [0.05, 0.1) is 0 Å². The Morgan fingerprint density at radius 2 is 1.81 bits per heavy atom. The Labute approximate surface area is 155 Å². The number of hydrogen-bond acceptors (Lipinski definition) is 4. The molecule has 0 aromatic carbocycles. The van der Waals surface area contributed by atoms with Crippen LogP contribution in [0.2, 0.25) is 0 Å². The second kappa shape index (κ2) is 17.2. The van der Waals surface area contributed by atoms with Gasteiger partial charge in [-0.15, -0.1) is 0 Å². The van der Waals surface area contributed by atoms with E-state index in [9.17, 15) is 14.4 Å². The second-order valence-corrected chi connectivity index (χ2v) is 5.23. The third kappa shape index (κ3) is 17.7. The first-order valence-corrected chi connectivity index (χ1v) is 8.74. The lowest BCUT2D eigenvalue weighted by atomic mass is 10.1. The lowest BCUT2D eigenvalue weighted by Crippen LogP contribution is -2.40. The number of hydrogen-bond donors (Lipinski definition) is 4. The Kier molecular flexibility index (Phi) is 16.9. The zero-order valence-electron chi connectivity index (χ0n) is 15.9. The number of aliphatic carboxylic acids is 1. The van der Waals surface area contributed by atoms with Gasteiger partial charge < -0.3 is 26.7 Å². The van der Waals surface area contributed by atoms with Gasteiger partial charge in [-0.2, -0.15) is 0 Å². The molecule has 1 atom stereocenters. The van der Waals surface area contributed by atoms with Crippen LogP contribution < -0.4 is 16.8 Å². The maximum Gasteiger partial charge on any atom is 0.326 e. The van der Waals surface area contributed by atoms with Crippen LogP contribution in [0.5, 0.6) is 0 Å².